The first-order valence-electron chi connectivity index (χ1n) is 10.0. The molecule has 0 unspecified atom stereocenters. The molecular weight excluding hydrogens is 362 g/mol. The van der Waals surface area contributed by atoms with Gasteiger partial charge in [-0.15, -0.1) is 0 Å². The van der Waals surface area contributed by atoms with E-state index < -0.39 is 0 Å². The van der Waals surface area contributed by atoms with Gasteiger partial charge in [-0.3, -0.25) is 4.98 Å². The third-order valence-electron chi connectivity index (χ3n) is 5.10. The molecule has 7 heteroatoms. The number of hydrogen-bond acceptors (Lipinski definition) is 6. The van der Waals surface area contributed by atoms with Crippen molar-refractivity contribution in [2.75, 3.05) is 5.32 Å². The largest absolute Gasteiger partial charge is 0.324 e. The van der Waals surface area contributed by atoms with Crippen molar-refractivity contribution >= 4 is 22.8 Å². The van der Waals surface area contributed by atoms with E-state index in [1.165, 1.54) is 18.4 Å². The molecule has 0 aliphatic heterocycles. The molecule has 0 amide bonds. The monoisotopic (exact) mass is 385 g/mol. The van der Waals surface area contributed by atoms with Crippen molar-refractivity contribution < 1.29 is 0 Å². The van der Waals surface area contributed by atoms with Gasteiger partial charge in [-0.1, -0.05) is 12.1 Å². The van der Waals surface area contributed by atoms with Gasteiger partial charge in [-0.05, 0) is 49.6 Å². The molecule has 1 aliphatic carbocycles. The Morgan fingerprint density at radius 3 is 2.76 bits per heavy atom. The van der Waals surface area contributed by atoms with E-state index in [9.17, 15) is 0 Å². The molecule has 0 atom stereocenters. The molecule has 146 valence electrons. The van der Waals surface area contributed by atoms with Gasteiger partial charge < -0.3 is 15.2 Å². The van der Waals surface area contributed by atoms with Gasteiger partial charge in [0.1, 0.15) is 11.3 Å². The minimum absolute atomic E-state index is 0.570. The van der Waals surface area contributed by atoms with Crippen LogP contribution in [-0.4, -0.2) is 30.5 Å². The molecule has 0 saturated heterocycles. The summed E-state index contributed by atoms with van der Waals surface area (Å²) in [6.07, 6.45) is 7.91. The Labute approximate surface area is 169 Å². The molecule has 3 heterocycles. The molecule has 2 N–H and O–H groups in total. The number of nitrogens with zero attached hydrogens (tertiary/aromatic N) is 5. The van der Waals surface area contributed by atoms with E-state index in [0.717, 1.165) is 41.3 Å². The Balaban J connectivity index is 1.43. The number of nitrogens with one attached hydrogen (secondary N) is 2. The van der Waals surface area contributed by atoms with Crippen LogP contribution < -0.4 is 10.6 Å². The second-order valence-electron chi connectivity index (χ2n) is 7.30. The van der Waals surface area contributed by atoms with Crippen LogP contribution in [0.4, 0.5) is 11.6 Å². The van der Waals surface area contributed by atoms with Crippen LogP contribution >= 0.6 is 0 Å². The summed E-state index contributed by atoms with van der Waals surface area (Å²) in [5.41, 5.74) is 4.86. The number of rotatable bonds is 7. The van der Waals surface area contributed by atoms with Crippen LogP contribution in [0.2, 0.25) is 0 Å². The zero-order valence-electron chi connectivity index (χ0n) is 16.3. The molecule has 5 rings (SSSR count). The Kier molecular flexibility index (Phi) is 4.65. The molecule has 4 aromatic rings. The fraction of sp³-hybridized carbons (Fsp3) is 0.273. The topological polar surface area (TPSA) is 80.5 Å². The molecular formula is C22H23N7. The molecule has 0 spiro atoms. The highest BCUT2D eigenvalue weighted by Crippen LogP contribution is 2.25. The maximum Gasteiger partial charge on any atom is 0.229 e. The van der Waals surface area contributed by atoms with E-state index in [-0.39, 0.29) is 0 Å². The zero-order chi connectivity index (χ0) is 19.6. The number of anilines is 2. The molecule has 7 nitrogen and oxygen atoms in total. The highest BCUT2D eigenvalue weighted by molar-refractivity contribution is 5.77. The minimum Gasteiger partial charge on any atom is -0.324 e. The maximum atomic E-state index is 4.75. The molecule has 1 aliphatic rings. The number of benzene rings is 1. The van der Waals surface area contributed by atoms with Gasteiger partial charge in [0.05, 0.1) is 6.20 Å². The number of hydrogen-bond donors (Lipinski definition) is 2. The summed E-state index contributed by atoms with van der Waals surface area (Å²) >= 11 is 0. The van der Waals surface area contributed by atoms with Crippen molar-refractivity contribution in [3.05, 3.63) is 60.6 Å². The van der Waals surface area contributed by atoms with Gasteiger partial charge in [0.15, 0.2) is 5.65 Å². The Morgan fingerprint density at radius 1 is 1.10 bits per heavy atom. The Bertz CT molecular complexity index is 1130. The first-order valence-corrected chi connectivity index (χ1v) is 10.0. The highest BCUT2D eigenvalue weighted by atomic mass is 15.2. The van der Waals surface area contributed by atoms with Crippen molar-refractivity contribution in [2.45, 2.75) is 38.9 Å². The van der Waals surface area contributed by atoms with E-state index in [2.05, 4.69) is 50.3 Å². The van der Waals surface area contributed by atoms with Crippen LogP contribution in [0.25, 0.3) is 22.6 Å². The SMILES string of the molecule is CCn1c(-c2ccncc2)nc2cnc(Nc3cccc(CNC4CC4)c3)nc21. The fourth-order valence-electron chi connectivity index (χ4n) is 3.44. The van der Waals surface area contributed by atoms with Crippen LogP contribution in [0.1, 0.15) is 25.3 Å². The van der Waals surface area contributed by atoms with Crippen LogP contribution in [0.3, 0.4) is 0 Å². The lowest BCUT2D eigenvalue weighted by atomic mass is 10.2. The molecule has 0 radical (unpaired) electrons. The fourth-order valence-corrected chi connectivity index (χ4v) is 3.44. The Hall–Kier alpha value is -3.32. The lowest BCUT2D eigenvalue weighted by Crippen LogP contribution is -2.15. The van der Waals surface area contributed by atoms with Gasteiger partial charge in [-0.2, -0.15) is 4.98 Å². The van der Waals surface area contributed by atoms with Crippen LogP contribution in [0.15, 0.2) is 55.0 Å². The molecule has 1 fully saturated rings. The summed E-state index contributed by atoms with van der Waals surface area (Å²) in [6, 6.07) is 13.0. The lowest BCUT2D eigenvalue weighted by Gasteiger charge is -2.09. The maximum absolute atomic E-state index is 4.75. The second-order valence-corrected chi connectivity index (χ2v) is 7.30. The number of imidazole rings is 1. The van der Waals surface area contributed by atoms with Crippen LogP contribution in [-0.2, 0) is 13.1 Å². The predicted octanol–water partition coefficient (Wildman–Crippen LogP) is 3.90. The number of fused-ring (bicyclic) bond motifs is 1. The molecule has 1 aromatic carbocycles. The van der Waals surface area contributed by atoms with Gasteiger partial charge in [0, 0.05) is 42.8 Å². The minimum atomic E-state index is 0.570. The smallest absolute Gasteiger partial charge is 0.229 e. The van der Waals surface area contributed by atoms with Gasteiger partial charge >= 0.3 is 0 Å². The van der Waals surface area contributed by atoms with E-state index in [0.29, 0.717) is 12.0 Å². The van der Waals surface area contributed by atoms with Crippen molar-refractivity contribution in [1.29, 1.82) is 0 Å². The number of aryl methyl sites for hydroxylation is 1. The normalized spacial score (nSPS) is 13.7. The summed E-state index contributed by atoms with van der Waals surface area (Å²) < 4.78 is 2.10. The summed E-state index contributed by atoms with van der Waals surface area (Å²) in [5, 5.41) is 6.89. The van der Waals surface area contributed by atoms with Gasteiger partial charge in [0.25, 0.3) is 0 Å². The van der Waals surface area contributed by atoms with Crippen molar-refractivity contribution in [1.82, 2.24) is 29.8 Å². The Morgan fingerprint density at radius 2 is 1.97 bits per heavy atom. The number of aromatic nitrogens is 5. The summed E-state index contributed by atoms with van der Waals surface area (Å²) in [4.78, 5) is 18.1. The summed E-state index contributed by atoms with van der Waals surface area (Å²) in [6.45, 7) is 3.75. The molecule has 29 heavy (non-hydrogen) atoms. The van der Waals surface area contributed by atoms with Crippen molar-refractivity contribution in [2.24, 2.45) is 0 Å². The third kappa shape index (κ3) is 3.82. The molecule has 1 saturated carbocycles. The first kappa shape index (κ1) is 17.8. The average molecular weight is 385 g/mol. The number of pyridine rings is 1. The molecule has 0 bridgehead atoms. The predicted molar refractivity (Wildman–Crippen MR) is 114 cm³/mol. The van der Waals surface area contributed by atoms with E-state index in [1.807, 2.05) is 18.2 Å². The first-order chi connectivity index (χ1) is 14.3. The van der Waals surface area contributed by atoms with E-state index in [4.69, 9.17) is 9.97 Å². The third-order valence-corrected chi connectivity index (χ3v) is 5.10. The quantitative estimate of drug-likeness (QED) is 0.502. The van der Waals surface area contributed by atoms with E-state index >= 15 is 0 Å². The van der Waals surface area contributed by atoms with Crippen LogP contribution in [0, 0.1) is 0 Å². The second kappa shape index (κ2) is 7.60. The highest BCUT2D eigenvalue weighted by Gasteiger charge is 2.20. The summed E-state index contributed by atoms with van der Waals surface area (Å²) in [7, 11) is 0. The van der Waals surface area contributed by atoms with Crippen molar-refractivity contribution in [3.8, 4) is 11.4 Å². The summed E-state index contributed by atoms with van der Waals surface area (Å²) in [5.74, 6) is 1.45. The standard InChI is InChI=1S/C22H23N7/c1-2-29-20(16-8-10-23-11-9-16)27-19-14-25-22(28-21(19)29)26-18-5-3-4-15(12-18)13-24-17-6-7-17/h3-5,8-12,14,17,24H,2,6-7,13H2,1H3,(H,25,26,28). The van der Waals surface area contributed by atoms with Gasteiger partial charge in [-0.25, -0.2) is 9.97 Å². The van der Waals surface area contributed by atoms with Crippen LogP contribution in [0.5, 0.6) is 0 Å². The average Bonchev–Trinajstić information content (AvgIpc) is 3.52. The van der Waals surface area contributed by atoms with E-state index in [1.54, 1.807) is 18.6 Å². The lowest BCUT2D eigenvalue weighted by molar-refractivity contribution is 0.688. The zero-order valence-corrected chi connectivity index (χ0v) is 16.3. The van der Waals surface area contributed by atoms with Crippen molar-refractivity contribution in [3.63, 3.8) is 0 Å². The molecule has 3 aromatic heterocycles. The van der Waals surface area contributed by atoms with Gasteiger partial charge in [0.2, 0.25) is 5.95 Å².